The second kappa shape index (κ2) is 6.79. The van der Waals surface area contributed by atoms with Crippen LogP contribution in [0.25, 0.3) is 16.5 Å². The number of benzene rings is 1. The van der Waals surface area contributed by atoms with E-state index in [4.69, 9.17) is 0 Å². The van der Waals surface area contributed by atoms with Crippen LogP contribution in [0.1, 0.15) is 24.6 Å². The predicted octanol–water partition coefficient (Wildman–Crippen LogP) is 4.11. The van der Waals surface area contributed by atoms with E-state index in [0.29, 0.717) is 12.2 Å². The van der Waals surface area contributed by atoms with E-state index < -0.39 is 0 Å². The first-order chi connectivity index (χ1) is 11.2. The maximum absolute atomic E-state index is 12.3. The number of amides is 3. The molecule has 0 aliphatic carbocycles. The van der Waals surface area contributed by atoms with Gasteiger partial charge in [-0.25, -0.2) is 4.79 Å². The molecular formula is C18H18N2O2S. The largest absolute Gasteiger partial charge is 0.329 e. The zero-order valence-electron chi connectivity index (χ0n) is 12.9. The smallest absolute Gasteiger partial charge is 0.303 e. The molecule has 0 radical (unpaired) electrons. The van der Waals surface area contributed by atoms with E-state index in [2.05, 4.69) is 17.4 Å². The molecule has 2 heterocycles. The van der Waals surface area contributed by atoms with Gasteiger partial charge in [0.1, 0.15) is 5.70 Å². The molecule has 1 saturated heterocycles. The molecule has 0 bridgehead atoms. The summed E-state index contributed by atoms with van der Waals surface area (Å²) in [6.45, 7) is 2.50. The van der Waals surface area contributed by atoms with Crippen molar-refractivity contribution >= 4 is 29.4 Å². The topological polar surface area (TPSA) is 49.4 Å². The standard InChI is InChI=1S/C18H18N2O2S/c1-2-3-11-20-17(21)15(19-18(20)22)12-14-9-10-16(23-14)13-7-5-4-6-8-13/h4-10,12H,2-3,11H2,1H3,(H,19,22). The summed E-state index contributed by atoms with van der Waals surface area (Å²) in [5.41, 5.74) is 1.50. The molecule has 1 N–H and O–H groups in total. The van der Waals surface area contributed by atoms with Crippen molar-refractivity contribution in [2.45, 2.75) is 19.8 Å². The van der Waals surface area contributed by atoms with Crippen molar-refractivity contribution in [3.63, 3.8) is 0 Å². The molecule has 1 aromatic heterocycles. The van der Waals surface area contributed by atoms with Crippen molar-refractivity contribution in [3.8, 4) is 10.4 Å². The van der Waals surface area contributed by atoms with Crippen LogP contribution in [-0.4, -0.2) is 23.4 Å². The Morgan fingerprint density at radius 3 is 2.65 bits per heavy atom. The van der Waals surface area contributed by atoms with Crippen LogP contribution in [0.5, 0.6) is 0 Å². The van der Waals surface area contributed by atoms with Crippen LogP contribution < -0.4 is 5.32 Å². The minimum atomic E-state index is -0.325. The van der Waals surface area contributed by atoms with Crippen LogP contribution in [0.4, 0.5) is 4.79 Å². The maximum atomic E-state index is 12.3. The molecule has 0 saturated carbocycles. The molecule has 0 atom stereocenters. The number of imide groups is 1. The van der Waals surface area contributed by atoms with Crippen LogP contribution in [0, 0.1) is 0 Å². The van der Waals surface area contributed by atoms with Crippen molar-refractivity contribution in [1.82, 2.24) is 10.2 Å². The summed E-state index contributed by atoms with van der Waals surface area (Å²) in [6.07, 6.45) is 3.52. The summed E-state index contributed by atoms with van der Waals surface area (Å²) in [4.78, 5) is 27.5. The number of hydrogen-bond acceptors (Lipinski definition) is 3. The van der Waals surface area contributed by atoms with Gasteiger partial charge in [-0.2, -0.15) is 0 Å². The van der Waals surface area contributed by atoms with Gasteiger partial charge in [-0.3, -0.25) is 9.69 Å². The van der Waals surface area contributed by atoms with E-state index in [0.717, 1.165) is 28.2 Å². The number of carbonyl (C=O) groups is 2. The third kappa shape index (κ3) is 3.35. The zero-order valence-corrected chi connectivity index (χ0v) is 13.7. The Balaban J connectivity index is 1.79. The van der Waals surface area contributed by atoms with Crippen LogP contribution in [0.3, 0.4) is 0 Å². The first-order valence-electron chi connectivity index (χ1n) is 7.69. The van der Waals surface area contributed by atoms with Gasteiger partial charge in [0.2, 0.25) is 0 Å². The Morgan fingerprint density at radius 2 is 1.91 bits per heavy atom. The second-order valence-corrected chi connectivity index (χ2v) is 6.48. The van der Waals surface area contributed by atoms with Gasteiger partial charge in [-0.1, -0.05) is 43.7 Å². The highest BCUT2D eigenvalue weighted by Crippen LogP contribution is 2.29. The molecule has 1 aromatic carbocycles. The Labute approximate surface area is 139 Å². The Morgan fingerprint density at radius 1 is 1.13 bits per heavy atom. The number of nitrogens with zero attached hydrogens (tertiary/aromatic N) is 1. The van der Waals surface area contributed by atoms with E-state index in [1.165, 1.54) is 4.90 Å². The number of thiophene rings is 1. The predicted molar refractivity (Wildman–Crippen MR) is 92.9 cm³/mol. The summed E-state index contributed by atoms with van der Waals surface area (Å²) >= 11 is 1.60. The van der Waals surface area contributed by atoms with Crippen molar-refractivity contribution < 1.29 is 9.59 Å². The number of carbonyl (C=O) groups excluding carboxylic acids is 2. The SMILES string of the molecule is CCCCN1C(=O)NC(=Cc2ccc(-c3ccccc3)s2)C1=O. The van der Waals surface area contributed by atoms with E-state index in [1.54, 1.807) is 17.4 Å². The number of nitrogens with one attached hydrogen (secondary N) is 1. The first-order valence-corrected chi connectivity index (χ1v) is 8.50. The van der Waals surface area contributed by atoms with Gasteiger partial charge < -0.3 is 5.32 Å². The van der Waals surface area contributed by atoms with E-state index >= 15 is 0 Å². The van der Waals surface area contributed by atoms with E-state index in [1.807, 2.05) is 37.3 Å². The molecule has 3 rings (SSSR count). The fourth-order valence-corrected chi connectivity index (χ4v) is 3.38. The highest BCUT2D eigenvalue weighted by Gasteiger charge is 2.32. The first kappa shape index (κ1) is 15.5. The van der Waals surface area contributed by atoms with Crippen LogP contribution in [0.2, 0.25) is 0 Å². The molecule has 1 aliphatic rings. The number of urea groups is 1. The molecule has 5 heteroatoms. The molecule has 2 aromatic rings. The van der Waals surface area contributed by atoms with E-state index in [9.17, 15) is 9.59 Å². The van der Waals surface area contributed by atoms with Crippen molar-refractivity contribution in [1.29, 1.82) is 0 Å². The molecular weight excluding hydrogens is 308 g/mol. The van der Waals surface area contributed by atoms with Crippen LogP contribution in [0.15, 0.2) is 48.2 Å². The molecule has 118 valence electrons. The third-order valence-electron chi connectivity index (χ3n) is 3.67. The van der Waals surface area contributed by atoms with Gasteiger partial charge in [0.15, 0.2) is 0 Å². The van der Waals surface area contributed by atoms with Crippen molar-refractivity contribution in [3.05, 3.63) is 53.0 Å². The highest BCUT2D eigenvalue weighted by molar-refractivity contribution is 7.16. The normalized spacial score (nSPS) is 16.2. The molecule has 0 unspecified atom stereocenters. The number of rotatable bonds is 5. The molecule has 1 aliphatic heterocycles. The fourth-order valence-electron chi connectivity index (χ4n) is 2.42. The average Bonchev–Trinajstić information content (AvgIpc) is 3.13. The lowest BCUT2D eigenvalue weighted by molar-refractivity contribution is -0.122. The van der Waals surface area contributed by atoms with Crippen molar-refractivity contribution in [2.75, 3.05) is 6.54 Å². The summed E-state index contributed by atoms with van der Waals surface area (Å²) in [5.74, 6) is -0.238. The van der Waals surface area contributed by atoms with Gasteiger partial charge in [0, 0.05) is 16.3 Å². The maximum Gasteiger partial charge on any atom is 0.329 e. The lowest BCUT2D eigenvalue weighted by atomic mass is 10.2. The van der Waals surface area contributed by atoms with Crippen LogP contribution >= 0.6 is 11.3 Å². The third-order valence-corrected chi connectivity index (χ3v) is 4.75. The quantitative estimate of drug-likeness (QED) is 0.664. The second-order valence-electron chi connectivity index (χ2n) is 5.37. The summed E-state index contributed by atoms with van der Waals surface area (Å²) in [6, 6.07) is 13.8. The number of unbranched alkanes of at least 4 members (excludes halogenated alkanes) is 1. The zero-order chi connectivity index (χ0) is 16.2. The van der Waals surface area contributed by atoms with E-state index in [-0.39, 0.29) is 11.9 Å². The highest BCUT2D eigenvalue weighted by atomic mass is 32.1. The van der Waals surface area contributed by atoms with Gasteiger partial charge in [-0.15, -0.1) is 11.3 Å². The average molecular weight is 326 g/mol. The molecule has 0 spiro atoms. The molecule has 23 heavy (non-hydrogen) atoms. The number of hydrogen-bond donors (Lipinski definition) is 1. The minimum absolute atomic E-state index is 0.238. The lowest BCUT2D eigenvalue weighted by Gasteiger charge is -2.09. The van der Waals surface area contributed by atoms with Gasteiger partial charge in [-0.05, 0) is 30.2 Å². The van der Waals surface area contributed by atoms with Gasteiger partial charge in [0.25, 0.3) is 5.91 Å². The molecule has 3 amide bonds. The monoisotopic (exact) mass is 326 g/mol. The Kier molecular flexibility index (Phi) is 4.57. The minimum Gasteiger partial charge on any atom is -0.303 e. The lowest BCUT2D eigenvalue weighted by Crippen LogP contribution is -2.31. The molecule has 4 nitrogen and oxygen atoms in total. The fraction of sp³-hybridized carbons (Fsp3) is 0.222. The summed E-state index contributed by atoms with van der Waals surface area (Å²) in [7, 11) is 0. The Hall–Kier alpha value is -2.40. The summed E-state index contributed by atoms with van der Waals surface area (Å²) < 4.78 is 0. The van der Waals surface area contributed by atoms with Gasteiger partial charge in [0.05, 0.1) is 0 Å². The molecule has 1 fully saturated rings. The summed E-state index contributed by atoms with van der Waals surface area (Å²) in [5, 5.41) is 2.67. The van der Waals surface area contributed by atoms with Crippen molar-refractivity contribution in [2.24, 2.45) is 0 Å². The Bertz CT molecular complexity index is 749. The van der Waals surface area contributed by atoms with Gasteiger partial charge >= 0.3 is 6.03 Å². The van der Waals surface area contributed by atoms with Crippen LogP contribution in [-0.2, 0) is 4.79 Å².